The molecule has 0 saturated carbocycles. The molecule has 0 aromatic carbocycles. The molecule has 0 amide bonds. The SMILES string of the molecule is N[C@H]1CCN(CCCOCC(F)(F)F)C1. The van der Waals surface area contributed by atoms with E-state index < -0.39 is 12.8 Å². The molecule has 1 saturated heterocycles. The van der Waals surface area contributed by atoms with Gasteiger partial charge in [-0.1, -0.05) is 0 Å². The highest BCUT2D eigenvalue weighted by atomic mass is 19.4. The Bertz CT molecular complexity index is 187. The second kappa shape index (κ2) is 5.67. The Morgan fingerprint density at radius 1 is 1.40 bits per heavy atom. The van der Waals surface area contributed by atoms with Crippen LogP contribution in [0.2, 0.25) is 0 Å². The smallest absolute Gasteiger partial charge is 0.372 e. The van der Waals surface area contributed by atoms with Crippen LogP contribution in [0.1, 0.15) is 12.8 Å². The molecule has 6 heteroatoms. The minimum atomic E-state index is -4.21. The van der Waals surface area contributed by atoms with Crippen LogP contribution < -0.4 is 5.73 Å². The Labute approximate surface area is 87.4 Å². The molecule has 2 N–H and O–H groups in total. The van der Waals surface area contributed by atoms with Gasteiger partial charge in [-0.3, -0.25) is 0 Å². The van der Waals surface area contributed by atoms with Crippen LogP contribution in [0.3, 0.4) is 0 Å². The average Bonchev–Trinajstić information content (AvgIpc) is 2.49. The number of hydrogen-bond donors (Lipinski definition) is 1. The molecule has 1 aliphatic rings. The first-order chi connectivity index (χ1) is 6.97. The second-order valence-electron chi connectivity index (χ2n) is 3.87. The molecule has 90 valence electrons. The van der Waals surface area contributed by atoms with Crippen LogP contribution in [-0.4, -0.2) is 50.0 Å². The number of rotatable bonds is 5. The number of ether oxygens (including phenoxy) is 1. The molecule has 1 atom stereocenters. The molecule has 1 heterocycles. The maximum absolute atomic E-state index is 11.7. The Kier molecular flexibility index (Phi) is 4.82. The lowest BCUT2D eigenvalue weighted by molar-refractivity contribution is -0.174. The van der Waals surface area contributed by atoms with Crippen molar-refractivity contribution in [2.24, 2.45) is 5.73 Å². The summed E-state index contributed by atoms with van der Waals surface area (Å²) in [6, 6.07) is 0.223. The van der Waals surface area contributed by atoms with Gasteiger partial charge in [0.2, 0.25) is 0 Å². The molecule has 0 spiro atoms. The standard InChI is InChI=1S/C9H17F3N2O/c10-9(11,12)7-15-5-1-3-14-4-2-8(13)6-14/h8H,1-7,13H2/t8-/m0/s1. The van der Waals surface area contributed by atoms with E-state index in [1.54, 1.807) is 0 Å². The molecule has 0 unspecified atom stereocenters. The molecule has 3 nitrogen and oxygen atoms in total. The Morgan fingerprint density at radius 2 is 2.13 bits per heavy atom. The van der Waals surface area contributed by atoms with Gasteiger partial charge in [0.05, 0.1) is 0 Å². The van der Waals surface area contributed by atoms with Gasteiger partial charge >= 0.3 is 6.18 Å². The molecular weight excluding hydrogens is 209 g/mol. The Hall–Kier alpha value is -0.330. The summed E-state index contributed by atoms with van der Waals surface area (Å²) in [5.74, 6) is 0. The normalized spacial score (nSPS) is 23.6. The van der Waals surface area contributed by atoms with Crippen LogP contribution in [0.25, 0.3) is 0 Å². The molecule has 0 bridgehead atoms. The second-order valence-corrected chi connectivity index (χ2v) is 3.87. The van der Waals surface area contributed by atoms with Crippen molar-refractivity contribution in [1.82, 2.24) is 4.90 Å². The van der Waals surface area contributed by atoms with Crippen molar-refractivity contribution < 1.29 is 17.9 Å². The van der Waals surface area contributed by atoms with Gasteiger partial charge in [0, 0.05) is 25.7 Å². The first kappa shape index (κ1) is 12.7. The first-order valence-electron chi connectivity index (χ1n) is 5.10. The van der Waals surface area contributed by atoms with Crippen molar-refractivity contribution in [3.8, 4) is 0 Å². The fraction of sp³-hybridized carbons (Fsp3) is 1.00. The van der Waals surface area contributed by atoms with E-state index in [9.17, 15) is 13.2 Å². The van der Waals surface area contributed by atoms with Gasteiger partial charge in [-0.2, -0.15) is 13.2 Å². The van der Waals surface area contributed by atoms with E-state index in [0.29, 0.717) is 6.42 Å². The minimum Gasteiger partial charge on any atom is -0.372 e. The van der Waals surface area contributed by atoms with Crippen molar-refractivity contribution >= 4 is 0 Å². The molecule has 1 aliphatic heterocycles. The fourth-order valence-electron chi connectivity index (χ4n) is 1.64. The largest absolute Gasteiger partial charge is 0.411 e. The highest BCUT2D eigenvalue weighted by Gasteiger charge is 2.27. The van der Waals surface area contributed by atoms with Gasteiger partial charge < -0.3 is 15.4 Å². The molecule has 0 aromatic rings. The average molecular weight is 226 g/mol. The minimum absolute atomic E-state index is 0.158. The number of likely N-dealkylation sites (tertiary alicyclic amines) is 1. The maximum Gasteiger partial charge on any atom is 0.411 e. The van der Waals surface area contributed by atoms with Crippen molar-refractivity contribution in [1.29, 1.82) is 0 Å². The fourth-order valence-corrected chi connectivity index (χ4v) is 1.64. The zero-order valence-corrected chi connectivity index (χ0v) is 8.59. The number of hydrogen-bond acceptors (Lipinski definition) is 3. The highest BCUT2D eigenvalue weighted by Crippen LogP contribution is 2.14. The van der Waals surface area contributed by atoms with Crippen LogP contribution in [0.4, 0.5) is 13.2 Å². The molecular formula is C9H17F3N2O. The summed E-state index contributed by atoms with van der Waals surface area (Å²) < 4.78 is 39.6. The molecule has 1 fully saturated rings. The lowest BCUT2D eigenvalue weighted by Crippen LogP contribution is -2.28. The third-order valence-electron chi connectivity index (χ3n) is 2.34. The van der Waals surface area contributed by atoms with Crippen LogP contribution in [0.15, 0.2) is 0 Å². The predicted octanol–water partition coefficient (Wildman–Crippen LogP) is 0.988. The van der Waals surface area contributed by atoms with Gasteiger partial charge in [0.25, 0.3) is 0 Å². The van der Waals surface area contributed by atoms with Crippen molar-refractivity contribution in [2.75, 3.05) is 32.8 Å². The molecule has 0 aliphatic carbocycles. The van der Waals surface area contributed by atoms with Crippen molar-refractivity contribution in [3.05, 3.63) is 0 Å². The van der Waals surface area contributed by atoms with E-state index in [0.717, 1.165) is 26.1 Å². The Balaban J connectivity index is 1.93. The van der Waals surface area contributed by atoms with Gasteiger partial charge in [0.15, 0.2) is 0 Å². The van der Waals surface area contributed by atoms with E-state index in [1.165, 1.54) is 0 Å². The lowest BCUT2D eigenvalue weighted by atomic mass is 10.3. The molecule has 1 rings (SSSR count). The monoisotopic (exact) mass is 226 g/mol. The molecule has 0 radical (unpaired) electrons. The summed E-state index contributed by atoms with van der Waals surface area (Å²) in [7, 11) is 0. The third-order valence-corrected chi connectivity index (χ3v) is 2.34. The zero-order valence-electron chi connectivity index (χ0n) is 8.59. The van der Waals surface area contributed by atoms with E-state index in [1.807, 2.05) is 0 Å². The highest BCUT2D eigenvalue weighted by molar-refractivity contribution is 4.77. The van der Waals surface area contributed by atoms with Gasteiger partial charge in [0.1, 0.15) is 6.61 Å². The number of nitrogens with zero attached hydrogens (tertiary/aromatic N) is 1. The predicted molar refractivity (Wildman–Crippen MR) is 50.5 cm³/mol. The Morgan fingerprint density at radius 3 is 2.67 bits per heavy atom. The summed E-state index contributed by atoms with van der Waals surface area (Å²) in [6.45, 7) is 1.57. The van der Waals surface area contributed by atoms with Crippen LogP contribution >= 0.6 is 0 Å². The summed E-state index contributed by atoms with van der Waals surface area (Å²) in [6.07, 6.45) is -2.61. The molecule has 0 aromatic heterocycles. The first-order valence-corrected chi connectivity index (χ1v) is 5.10. The number of alkyl halides is 3. The van der Waals surface area contributed by atoms with E-state index in [-0.39, 0.29) is 12.6 Å². The lowest BCUT2D eigenvalue weighted by Gasteiger charge is -2.15. The van der Waals surface area contributed by atoms with E-state index in [4.69, 9.17) is 5.73 Å². The third kappa shape index (κ3) is 5.96. The number of nitrogens with two attached hydrogens (primary N) is 1. The van der Waals surface area contributed by atoms with Gasteiger partial charge in [-0.15, -0.1) is 0 Å². The maximum atomic E-state index is 11.7. The van der Waals surface area contributed by atoms with E-state index >= 15 is 0 Å². The zero-order chi connectivity index (χ0) is 11.3. The quantitative estimate of drug-likeness (QED) is 0.710. The van der Waals surface area contributed by atoms with Crippen LogP contribution in [0, 0.1) is 0 Å². The van der Waals surface area contributed by atoms with Gasteiger partial charge in [-0.05, 0) is 19.4 Å². The van der Waals surface area contributed by atoms with Crippen LogP contribution in [0.5, 0.6) is 0 Å². The summed E-state index contributed by atoms with van der Waals surface area (Å²) in [5, 5.41) is 0. The summed E-state index contributed by atoms with van der Waals surface area (Å²) >= 11 is 0. The van der Waals surface area contributed by atoms with Crippen LogP contribution in [-0.2, 0) is 4.74 Å². The summed E-state index contributed by atoms with van der Waals surface area (Å²) in [4.78, 5) is 2.15. The van der Waals surface area contributed by atoms with Crippen molar-refractivity contribution in [2.45, 2.75) is 25.1 Å². The molecule has 15 heavy (non-hydrogen) atoms. The van der Waals surface area contributed by atoms with E-state index in [2.05, 4.69) is 9.64 Å². The topological polar surface area (TPSA) is 38.5 Å². The summed E-state index contributed by atoms with van der Waals surface area (Å²) in [5.41, 5.74) is 5.69. The van der Waals surface area contributed by atoms with Crippen molar-refractivity contribution in [3.63, 3.8) is 0 Å². The number of halogens is 3. The van der Waals surface area contributed by atoms with Gasteiger partial charge in [-0.25, -0.2) is 0 Å².